The number of hydrogen-bond donors (Lipinski definition) is 0. The highest BCUT2D eigenvalue weighted by Gasteiger charge is 2.40. The molecular formula is C23H19ClN2O2. The minimum absolute atomic E-state index is 0.131. The van der Waals surface area contributed by atoms with Crippen LogP contribution in [0.4, 0.5) is 0 Å². The van der Waals surface area contributed by atoms with E-state index >= 15 is 0 Å². The highest BCUT2D eigenvalue weighted by atomic mass is 35.5. The summed E-state index contributed by atoms with van der Waals surface area (Å²) in [6.07, 6.45) is 0.526. The van der Waals surface area contributed by atoms with E-state index in [0.717, 1.165) is 40.3 Å². The van der Waals surface area contributed by atoms with Gasteiger partial charge in [0.2, 0.25) is 6.23 Å². The molecule has 0 aliphatic carbocycles. The van der Waals surface area contributed by atoms with Crippen LogP contribution in [0.2, 0.25) is 5.02 Å². The third-order valence-corrected chi connectivity index (χ3v) is 5.51. The van der Waals surface area contributed by atoms with Gasteiger partial charge in [-0.15, -0.1) is 0 Å². The first-order valence-electron chi connectivity index (χ1n) is 9.24. The number of ether oxygens (including phenoxy) is 2. The Morgan fingerprint density at radius 1 is 1.04 bits per heavy atom. The molecule has 2 heterocycles. The van der Waals surface area contributed by atoms with Crippen molar-refractivity contribution in [3.63, 3.8) is 0 Å². The van der Waals surface area contributed by atoms with Crippen molar-refractivity contribution in [2.75, 3.05) is 7.11 Å². The predicted octanol–water partition coefficient (Wildman–Crippen LogP) is 5.59. The molecule has 4 nitrogen and oxygen atoms in total. The topological polar surface area (TPSA) is 34.1 Å². The largest absolute Gasteiger partial charge is 0.497 e. The average Bonchev–Trinajstić information content (AvgIpc) is 3.20. The van der Waals surface area contributed by atoms with Crippen LogP contribution in [0.15, 0.2) is 77.9 Å². The molecule has 2 aliphatic rings. The summed E-state index contributed by atoms with van der Waals surface area (Å²) in [5.41, 5.74) is 4.29. The van der Waals surface area contributed by atoms with Crippen molar-refractivity contribution in [3.8, 4) is 11.5 Å². The summed E-state index contributed by atoms with van der Waals surface area (Å²) in [5, 5.41) is 7.75. The number of fused-ring (bicyclic) bond motifs is 3. The molecule has 0 N–H and O–H groups in total. The van der Waals surface area contributed by atoms with Crippen LogP contribution in [0.5, 0.6) is 11.5 Å². The summed E-state index contributed by atoms with van der Waals surface area (Å²) in [5.74, 6) is 1.74. The van der Waals surface area contributed by atoms with Crippen LogP contribution in [0.25, 0.3) is 0 Å². The zero-order valence-corrected chi connectivity index (χ0v) is 16.1. The van der Waals surface area contributed by atoms with E-state index in [2.05, 4.69) is 17.1 Å². The number of halogens is 1. The van der Waals surface area contributed by atoms with Gasteiger partial charge in [-0.1, -0.05) is 54.1 Å². The van der Waals surface area contributed by atoms with Crippen molar-refractivity contribution in [1.82, 2.24) is 5.01 Å². The average molecular weight is 391 g/mol. The third-order valence-electron chi connectivity index (χ3n) is 5.26. The van der Waals surface area contributed by atoms with Crippen molar-refractivity contribution in [1.29, 1.82) is 0 Å². The number of para-hydroxylation sites is 1. The van der Waals surface area contributed by atoms with Crippen LogP contribution >= 0.6 is 11.6 Å². The Hall–Kier alpha value is -2.98. The molecule has 28 heavy (non-hydrogen) atoms. The van der Waals surface area contributed by atoms with E-state index in [-0.39, 0.29) is 12.3 Å². The van der Waals surface area contributed by atoms with Crippen LogP contribution < -0.4 is 9.47 Å². The lowest BCUT2D eigenvalue weighted by molar-refractivity contribution is -0.0190. The van der Waals surface area contributed by atoms with Gasteiger partial charge in [-0.3, -0.25) is 0 Å². The third kappa shape index (κ3) is 2.90. The Bertz CT molecular complexity index is 1050. The number of methoxy groups -OCH3 is 1. The molecule has 140 valence electrons. The van der Waals surface area contributed by atoms with Crippen molar-refractivity contribution in [3.05, 3.63) is 94.5 Å². The standard InChI is InChI=1S/C23H19ClN2O2/c1-27-18-6-4-5-16(13-18)20-14-21-19-7-2-3-8-22(19)28-23(26(21)25-20)15-9-11-17(24)12-10-15/h2-13,21,23H,14H2,1H3/t21-,23-/m0/s1. The summed E-state index contributed by atoms with van der Waals surface area (Å²) in [6, 6.07) is 24.1. The molecule has 0 unspecified atom stereocenters. The van der Waals surface area contributed by atoms with E-state index in [0.29, 0.717) is 5.02 Å². The fourth-order valence-electron chi connectivity index (χ4n) is 3.86. The van der Waals surface area contributed by atoms with Crippen LogP contribution in [0.1, 0.15) is 35.4 Å². The van der Waals surface area contributed by atoms with Gasteiger partial charge in [-0.2, -0.15) is 5.10 Å². The number of rotatable bonds is 3. The molecule has 3 aromatic carbocycles. The van der Waals surface area contributed by atoms with Gasteiger partial charge < -0.3 is 9.47 Å². The number of benzene rings is 3. The van der Waals surface area contributed by atoms with E-state index in [1.54, 1.807) is 7.11 Å². The fraction of sp³-hybridized carbons (Fsp3) is 0.174. The van der Waals surface area contributed by atoms with E-state index in [1.807, 2.05) is 60.7 Å². The van der Waals surface area contributed by atoms with E-state index in [4.69, 9.17) is 26.2 Å². The normalized spacial score (nSPS) is 20.1. The molecule has 0 saturated carbocycles. The molecule has 0 radical (unpaired) electrons. The molecule has 0 bridgehead atoms. The van der Waals surface area contributed by atoms with Gasteiger partial charge in [0.25, 0.3) is 0 Å². The molecule has 5 heteroatoms. The van der Waals surface area contributed by atoms with Crippen molar-refractivity contribution >= 4 is 17.3 Å². The summed E-state index contributed by atoms with van der Waals surface area (Å²) in [4.78, 5) is 0. The minimum Gasteiger partial charge on any atom is -0.497 e. The molecule has 0 fully saturated rings. The summed E-state index contributed by atoms with van der Waals surface area (Å²) in [6.45, 7) is 0. The summed E-state index contributed by atoms with van der Waals surface area (Å²) >= 11 is 6.08. The molecule has 2 atom stereocenters. The van der Waals surface area contributed by atoms with Gasteiger partial charge in [-0.25, -0.2) is 5.01 Å². The fourth-order valence-corrected chi connectivity index (χ4v) is 3.98. The monoisotopic (exact) mass is 390 g/mol. The highest BCUT2D eigenvalue weighted by Crippen LogP contribution is 2.47. The first kappa shape index (κ1) is 17.1. The zero-order chi connectivity index (χ0) is 19.1. The first-order valence-corrected chi connectivity index (χ1v) is 9.62. The Labute approximate surface area is 169 Å². The molecule has 0 aromatic heterocycles. The molecule has 0 amide bonds. The highest BCUT2D eigenvalue weighted by molar-refractivity contribution is 6.30. The second-order valence-corrected chi connectivity index (χ2v) is 7.37. The SMILES string of the molecule is COc1cccc(C2=NN3[C@@H](C2)c2ccccc2O[C@H]3c2ccc(Cl)cc2)c1. The number of hydrazone groups is 1. The van der Waals surface area contributed by atoms with E-state index in [9.17, 15) is 0 Å². The van der Waals surface area contributed by atoms with E-state index < -0.39 is 0 Å². The van der Waals surface area contributed by atoms with Gasteiger partial charge in [0.1, 0.15) is 11.5 Å². The lowest BCUT2D eigenvalue weighted by atomic mass is 9.96. The van der Waals surface area contributed by atoms with E-state index in [1.165, 1.54) is 0 Å². The molecular weight excluding hydrogens is 372 g/mol. The Morgan fingerprint density at radius 3 is 2.68 bits per heavy atom. The maximum absolute atomic E-state index is 6.35. The van der Waals surface area contributed by atoms with Crippen molar-refractivity contribution in [2.45, 2.75) is 18.7 Å². The van der Waals surface area contributed by atoms with Gasteiger partial charge in [0, 0.05) is 28.1 Å². The van der Waals surface area contributed by atoms with Crippen molar-refractivity contribution in [2.24, 2.45) is 5.10 Å². The second kappa shape index (κ2) is 6.88. The lowest BCUT2D eigenvalue weighted by Gasteiger charge is -2.38. The molecule has 2 aliphatic heterocycles. The minimum atomic E-state index is -0.291. The number of hydrogen-bond acceptors (Lipinski definition) is 4. The van der Waals surface area contributed by atoms with Crippen LogP contribution in [0.3, 0.4) is 0 Å². The van der Waals surface area contributed by atoms with Gasteiger partial charge in [0.15, 0.2) is 0 Å². The number of nitrogens with zero attached hydrogens (tertiary/aromatic N) is 2. The maximum Gasteiger partial charge on any atom is 0.213 e. The zero-order valence-electron chi connectivity index (χ0n) is 15.4. The molecule has 5 rings (SSSR count). The van der Waals surface area contributed by atoms with Gasteiger partial charge in [-0.05, 0) is 30.3 Å². The predicted molar refractivity (Wildman–Crippen MR) is 110 cm³/mol. The van der Waals surface area contributed by atoms with Gasteiger partial charge in [0.05, 0.1) is 18.9 Å². The first-order chi connectivity index (χ1) is 13.7. The van der Waals surface area contributed by atoms with Crippen LogP contribution in [0, 0.1) is 0 Å². The lowest BCUT2D eigenvalue weighted by Crippen LogP contribution is -2.33. The molecule has 3 aromatic rings. The van der Waals surface area contributed by atoms with Crippen LogP contribution in [-0.4, -0.2) is 17.8 Å². The summed E-state index contributed by atoms with van der Waals surface area (Å²) in [7, 11) is 1.68. The smallest absolute Gasteiger partial charge is 0.213 e. The Kier molecular flexibility index (Phi) is 4.21. The molecule has 0 spiro atoms. The second-order valence-electron chi connectivity index (χ2n) is 6.94. The van der Waals surface area contributed by atoms with Crippen molar-refractivity contribution < 1.29 is 9.47 Å². The Balaban J connectivity index is 1.58. The maximum atomic E-state index is 6.35. The molecule has 0 saturated heterocycles. The quantitative estimate of drug-likeness (QED) is 0.584. The summed E-state index contributed by atoms with van der Waals surface area (Å²) < 4.78 is 11.7. The Morgan fingerprint density at radius 2 is 1.86 bits per heavy atom. The van der Waals surface area contributed by atoms with Crippen LogP contribution in [-0.2, 0) is 0 Å². The van der Waals surface area contributed by atoms with Gasteiger partial charge >= 0.3 is 0 Å².